The molecule has 8 heteroatoms. The standard InChI is InChI=1S/C19H23N5O3/c20-17-7-5-13(10-22-17)19(27)24-15-9-12(4-6-16(15)25)18(26)23-11-14-3-1-2-8-21-14/h1-3,5,7-8,10,12,15-16,25H,4,6,9,11H2,(H2,20,22)(H,23,26)(H,24,27)/t12-,15+,16+/m0/s1. The van der Waals surface area contributed by atoms with E-state index < -0.39 is 12.1 Å². The van der Waals surface area contributed by atoms with Crippen LogP contribution in [0.3, 0.4) is 0 Å². The first-order chi connectivity index (χ1) is 13.0. The summed E-state index contributed by atoms with van der Waals surface area (Å²) in [6.45, 7) is 0.354. The largest absolute Gasteiger partial charge is 0.391 e. The summed E-state index contributed by atoms with van der Waals surface area (Å²) in [5.41, 5.74) is 6.66. The molecule has 27 heavy (non-hydrogen) atoms. The number of aliphatic hydroxyl groups is 1. The van der Waals surface area contributed by atoms with Crippen molar-refractivity contribution in [3.63, 3.8) is 0 Å². The Bertz CT molecular complexity index is 782. The lowest BCUT2D eigenvalue weighted by Crippen LogP contribution is -2.49. The molecule has 8 nitrogen and oxygen atoms in total. The van der Waals surface area contributed by atoms with Crippen molar-refractivity contribution in [1.82, 2.24) is 20.6 Å². The molecule has 0 bridgehead atoms. The van der Waals surface area contributed by atoms with Crippen molar-refractivity contribution < 1.29 is 14.7 Å². The minimum Gasteiger partial charge on any atom is -0.391 e. The summed E-state index contributed by atoms with van der Waals surface area (Å²) in [6, 6.07) is 8.15. The number of pyridine rings is 2. The second-order valence-corrected chi connectivity index (χ2v) is 6.67. The first-order valence-corrected chi connectivity index (χ1v) is 8.91. The molecule has 0 radical (unpaired) electrons. The molecule has 5 N–H and O–H groups in total. The molecule has 142 valence electrons. The Kier molecular flexibility index (Phi) is 5.97. The molecule has 0 unspecified atom stereocenters. The predicted octanol–water partition coefficient (Wildman–Crippen LogP) is 0.635. The van der Waals surface area contributed by atoms with Crippen molar-refractivity contribution >= 4 is 17.6 Å². The number of nitrogens with one attached hydrogen (secondary N) is 2. The molecule has 0 aromatic carbocycles. The highest BCUT2D eigenvalue weighted by molar-refractivity contribution is 5.94. The first kappa shape index (κ1) is 18.8. The highest BCUT2D eigenvalue weighted by Gasteiger charge is 2.33. The zero-order valence-corrected chi connectivity index (χ0v) is 14.8. The van der Waals surface area contributed by atoms with Gasteiger partial charge in [-0.15, -0.1) is 0 Å². The number of nitrogen functional groups attached to an aromatic ring is 1. The molecule has 0 spiro atoms. The third kappa shape index (κ3) is 5.01. The van der Waals surface area contributed by atoms with E-state index in [1.54, 1.807) is 18.3 Å². The molecule has 2 aromatic rings. The molecule has 3 rings (SSSR count). The van der Waals surface area contributed by atoms with Crippen molar-refractivity contribution in [3.05, 3.63) is 54.0 Å². The van der Waals surface area contributed by atoms with Crippen LogP contribution in [-0.4, -0.2) is 39.0 Å². The van der Waals surface area contributed by atoms with E-state index in [0.29, 0.717) is 37.2 Å². The molecule has 2 amide bonds. The molecule has 1 saturated carbocycles. The fourth-order valence-corrected chi connectivity index (χ4v) is 3.16. The van der Waals surface area contributed by atoms with E-state index in [1.807, 2.05) is 18.2 Å². The summed E-state index contributed by atoms with van der Waals surface area (Å²) in [5.74, 6) is -0.386. The highest BCUT2D eigenvalue weighted by atomic mass is 16.3. The average Bonchev–Trinajstić information content (AvgIpc) is 2.69. The monoisotopic (exact) mass is 369 g/mol. The number of carbonyl (C=O) groups excluding carboxylic acids is 2. The van der Waals surface area contributed by atoms with Gasteiger partial charge in [-0.3, -0.25) is 14.6 Å². The second-order valence-electron chi connectivity index (χ2n) is 6.67. The Morgan fingerprint density at radius 2 is 2.04 bits per heavy atom. The molecule has 3 atom stereocenters. The van der Waals surface area contributed by atoms with Crippen LogP contribution in [0, 0.1) is 5.92 Å². The number of nitrogens with two attached hydrogens (primary N) is 1. The lowest BCUT2D eigenvalue weighted by atomic mass is 9.83. The Morgan fingerprint density at radius 1 is 1.19 bits per heavy atom. The third-order valence-corrected chi connectivity index (χ3v) is 4.72. The van der Waals surface area contributed by atoms with Crippen LogP contribution in [0.2, 0.25) is 0 Å². The van der Waals surface area contributed by atoms with Crippen molar-refractivity contribution in [2.45, 2.75) is 38.0 Å². The van der Waals surface area contributed by atoms with Crippen LogP contribution in [0.25, 0.3) is 0 Å². The molecule has 2 heterocycles. The number of hydrogen-bond acceptors (Lipinski definition) is 6. The SMILES string of the molecule is Nc1ccc(C(=O)N[C@@H]2C[C@@H](C(=O)NCc3ccccn3)CC[C@H]2O)cn1. The Labute approximate surface area is 157 Å². The molecule has 2 aromatic heterocycles. The van der Waals surface area contributed by atoms with Crippen LogP contribution in [0.15, 0.2) is 42.7 Å². The number of aromatic nitrogens is 2. The van der Waals surface area contributed by atoms with E-state index in [4.69, 9.17) is 5.73 Å². The fraction of sp³-hybridized carbons (Fsp3) is 0.368. The number of anilines is 1. The van der Waals surface area contributed by atoms with Crippen molar-refractivity contribution in [2.75, 3.05) is 5.73 Å². The number of rotatable bonds is 5. The van der Waals surface area contributed by atoms with Gasteiger partial charge in [-0.25, -0.2) is 4.98 Å². The quantitative estimate of drug-likeness (QED) is 0.612. The molecular formula is C19H23N5O3. The van der Waals surface area contributed by atoms with Gasteiger partial charge in [-0.2, -0.15) is 0 Å². The summed E-state index contributed by atoms with van der Waals surface area (Å²) in [4.78, 5) is 32.9. The molecule has 1 aliphatic carbocycles. The third-order valence-electron chi connectivity index (χ3n) is 4.72. The topological polar surface area (TPSA) is 130 Å². The number of carbonyl (C=O) groups is 2. The van der Waals surface area contributed by atoms with E-state index >= 15 is 0 Å². The van der Waals surface area contributed by atoms with Gasteiger partial charge in [0.15, 0.2) is 0 Å². The first-order valence-electron chi connectivity index (χ1n) is 8.91. The van der Waals surface area contributed by atoms with Gasteiger partial charge in [-0.05, 0) is 43.5 Å². The van der Waals surface area contributed by atoms with E-state index in [2.05, 4.69) is 20.6 Å². The van der Waals surface area contributed by atoms with Crippen LogP contribution in [0.4, 0.5) is 5.82 Å². The Hall–Kier alpha value is -3.00. The normalized spacial score (nSPS) is 22.0. The van der Waals surface area contributed by atoms with Gasteiger partial charge >= 0.3 is 0 Å². The minimum absolute atomic E-state index is 0.0963. The summed E-state index contributed by atoms with van der Waals surface area (Å²) in [6.07, 6.45) is 3.78. The molecule has 1 aliphatic rings. The predicted molar refractivity (Wildman–Crippen MR) is 99.3 cm³/mol. The van der Waals surface area contributed by atoms with Gasteiger partial charge in [0.25, 0.3) is 5.91 Å². The number of amides is 2. The maximum Gasteiger partial charge on any atom is 0.253 e. The van der Waals surface area contributed by atoms with Gasteiger partial charge in [0.05, 0.1) is 29.9 Å². The van der Waals surface area contributed by atoms with Crippen LogP contribution in [0.1, 0.15) is 35.3 Å². The lowest BCUT2D eigenvalue weighted by molar-refractivity contribution is -0.127. The Balaban J connectivity index is 1.56. The van der Waals surface area contributed by atoms with Crippen molar-refractivity contribution in [3.8, 4) is 0 Å². The molecule has 0 saturated heterocycles. The van der Waals surface area contributed by atoms with Gasteiger partial charge in [0.2, 0.25) is 5.91 Å². The van der Waals surface area contributed by atoms with Gasteiger partial charge in [-0.1, -0.05) is 6.07 Å². The van der Waals surface area contributed by atoms with Crippen LogP contribution in [0.5, 0.6) is 0 Å². The number of nitrogens with zero attached hydrogens (tertiary/aromatic N) is 2. The Morgan fingerprint density at radius 3 is 2.74 bits per heavy atom. The number of aliphatic hydroxyl groups excluding tert-OH is 1. The van der Waals surface area contributed by atoms with E-state index in [-0.39, 0.29) is 17.7 Å². The summed E-state index contributed by atoms with van der Waals surface area (Å²) in [7, 11) is 0. The van der Waals surface area contributed by atoms with Crippen molar-refractivity contribution in [1.29, 1.82) is 0 Å². The van der Waals surface area contributed by atoms with Crippen LogP contribution < -0.4 is 16.4 Å². The van der Waals surface area contributed by atoms with Gasteiger partial charge in [0.1, 0.15) is 5.82 Å². The van der Waals surface area contributed by atoms with Gasteiger partial charge in [0, 0.05) is 18.3 Å². The summed E-state index contributed by atoms with van der Waals surface area (Å²) in [5, 5.41) is 15.9. The highest BCUT2D eigenvalue weighted by Crippen LogP contribution is 2.25. The van der Waals surface area contributed by atoms with E-state index in [1.165, 1.54) is 6.20 Å². The minimum atomic E-state index is -0.685. The zero-order valence-electron chi connectivity index (χ0n) is 14.8. The fourth-order valence-electron chi connectivity index (χ4n) is 3.16. The van der Waals surface area contributed by atoms with Crippen LogP contribution >= 0.6 is 0 Å². The maximum atomic E-state index is 12.5. The summed E-state index contributed by atoms with van der Waals surface area (Å²) >= 11 is 0. The summed E-state index contributed by atoms with van der Waals surface area (Å²) < 4.78 is 0. The van der Waals surface area contributed by atoms with Crippen molar-refractivity contribution in [2.24, 2.45) is 5.92 Å². The zero-order chi connectivity index (χ0) is 19.2. The smallest absolute Gasteiger partial charge is 0.253 e. The second kappa shape index (κ2) is 8.59. The van der Waals surface area contributed by atoms with E-state index in [0.717, 1.165) is 5.69 Å². The molecular weight excluding hydrogens is 346 g/mol. The lowest BCUT2D eigenvalue weighted by Gasteiger charge is -2.33. The maximum absolute atomic E-state index is 12.5. The van der Waals surface area contributed by atoms with Crippen LogP contribution in [-0.2, 0) is 11.3 Å². The number of hydrogen-bond donors (Lipinski definition) is 4. The average molecular weight is 369 g/mol. The molecule has 1 fully saturated rings. The molecule has 0 aliphatic heterocycles. The van der Waals surface area contributed by atoms with Gasteiger partial charge < -0.3 is 21.5 Å². The van der Waals surface area contributed by atoms with E-state index in [9.17, 15) is 14.7 Å².